The monoisotopic (exact) mass is 404 g/mol. The van der Waals surface area contributed by atoms with Gasteiger partial charge >= 0.3 is 0 Å². The number of likely N-dealkylation sites (tertiary alicyclic amines) is 1. The van der Waals surface area contributed by atoms with Gasteiger partial charge < -0.3 is 9.80 Å². The Bertz CT molecular complexity index is 661. The number of benzene rings is 1. The largest absolute Gasteiger partial charge is 0.342 e. The molecule has 0 aromatic heterocycles. The van der Waals surface area contributed by atoms with Gasteiger partial charge in [-0.15, -0.1) is 0 Å². The number of hydrogen-bond acceptors (Lipinski definition) is 2. The summed E-state index contributed by atoms with van der Waals surface area (Å²) in [4.78, 5) is 29.4. The quantitative estimate of drug-likeness (QED) is 0.751. The summed E-state index contributed by atoms with van der Waals surface area (Å²) in [7, 11) is 0. The minimum atomic E-state index is 0.0796. The Hall–Kier alpha value is -1.36. The first-order chi connectivity index (χ1) is 12.1. The molecule has 2 saturated carbocycles. The van der Waals surface area contributed by atoms with E-state index in [9.17, 15) is 9.59 Å². The van der Waals surface area contributed by atoms with E-state index >= 15 is 0 Å². The van der Waals surface area contributed by atoms with Crippen molar-refractivity contribution in [2.45, 2.75) is 51.1 Å². The van der Waals surface area contributed by atoms with E-state index in [0.29, 0.717) is 24.4 Å². The molecule has 0 radical (unpaired) electrons. The zero-order valence-electron chi connectivity index (χ0n) is 14.5. The smallest absolute Gasteiger partial charge is 0.226 e. The third-order valence-electron chi connectivity index (χ3n) is 5.60. The fourth-order valence-corrected chi connectivity index (χ4v) is 4.22. The van der Waals surface area contributed by atoms with Crippen LogP contribution in [0, 0.1) is 11.8 Å². The molecule has 1 aromatic carbocycles. The van der Waals surface area contributed by atoms with Crippen molar-refractivity contribution in [2.75, 3.05) is 13.1 Å². The maximum Gasteiger partial charge on any atom is 0.226 e. The second-order valence-electron chi connectivity index (χ2n) is 7.70. The molecule has 134 valence electrons. The van der Waals surface area contributed by atoms with Crippen LogP contribution in [0.25, 0.3) is 0 Å². The van der Waals surface area contributed by atoms with Crippen LogP contribution >= 0.6 is 15.9 Å². The third-order valence-corrected chi connectivity index (χ3v) is 6.09. The van der Waals surface area contributed by atoms with E-state index in [4.69, 9.17) is 0 Å². The third kappa shape index (κ3) is 4.08. The van der Waals surface area contributed by atoms with Gasteiger partial charge in [-0.25, -0.2) is 0 Å². The molecule has 4 rings (SSSR count). The lowest BCUT2D eigenvalue weighted by Gasteiger charge is -2.34. The predicted octanol–water partition coefficient (Wildman–Crippen LogP) is 3.59. The van der Waals surface area contributed by atoms with E-state index in [1.165, 1.54) is 5.56 Å². The molecule has 2 aliphatic carbocycles. The van der Waals surface area contributed by atoms with Crippen LogP contribution < -0.4 is 0 Å². The van der Waals surface area contributed by atoms with Gasteiger partial charge in [0.15, 0.2) is 0 Å². The summed E-state index contributed by atoms with van der Waals surface area (Å²) in [6.07, 6.45) is 6.00. The van der Waals surface area contributed by atoms with E-state index in [1.807, 2.05) is 17.0 Å². The van der Waals surface area contributed by atoms with E-state index in [2.05, 4.69) is 33.0 Å². The molecule has 4 nitrogen and oxygen atoms in total. The number of carbonyl (C=O) groups is 2. The number of rotatable bonds is 5. The lowest BCUT2D eigenvalue weighted by Crippen LogP contribution is -2.45. The molecule has 25 heavy (non-hydrogen) atoms. The summed E-state index contributed by atoms with van der Waals surface area (Å²) in [6, 6.07) is 8.64. The van der Waals surface area contributed by atoms with Crippen molar-refractivity contribution < 1.29 is 9.59 Å². The maximum atomic E-state index is 13.1. The van der Waals surface area contributed by atoms with Gasteiger partial charge in [-0.05, 0) is 56.2 Å². The lowest BCUT2D eigenvalue weighted by atomic mass is 9.94. The van der Waals surface area contributed by atoms with Gasteiger partial charge in [0, 0.05) is 42.0 Å². The summed E-state index contributed by atoms with van der Waals surface area (Å²) in [5.41, 5.74) is 1.18. The molecular formula is C20H25BrN2O2. The maximum absolute atomic E-state index is 13.1. The molecule has 0 spiro atoms. The minimum absolute atomic E-state index is 0.0796. The van der Waals surface area contributed by atoms with Crippen molar-refractivity contribution in [3.63, 3.8) is 0 Å². The molecule has 1 aromatic rings. The topological polar surface area (TPSA) is 40.6 Å². The molecule has 1 heterocycles. The summed E-state index contributed by atoms with van der Waals surface area (Å²) >= 11 is 3.51. The van der Waals surface area contributed by atoms with E-state index < -0.39 is 0 Å². The van der Waals surface area contributed by atoms with Crippen molar-refractivity contribution in [2.24, 2.45) is 11.8 Å². The number of hydrogen-bond donors (Lipinski definition) is 0. The molecule has 0 atom stereocenters. The molecule has 3 aliphatic rings. The highest BCUT2D eigenvalue weighted by molar-refractivity contribution is 9.10. The Morgan fingerprint density at radius 2 is 1.76 bits per heavy atom. The van der Waals surface area contributed by atoms with Crippen LogP contribution in [-0.4, -0.2) is 40.7 Å². The average molecular weight is 405 g/mol. The van der Waals surface area contributed by atoms with Crippen LogP contribution in [0.2, 0.25) is 0 Å². The molecule has 0 N–H and O–H groups in total. The van der Waals surface area contributed by atoms with Crippen LogP contribution in [0.15, 0.2) is 28.7 Å². The van der Waals surface area contributed by atoms with Gasteiger partial charge in [0.1, 0.15) is 0 Å². The van der Waals surface area contributed by atoms with Gasteiger partial charge in [-0.2, -0.15) is 0 Å². The minimum Gasteiger partial charge on any atom is -0.342 e. The van der Waals surface area contributed by atoms with Crippen molar-refractivity contribution in [3.8, 4) is 0 Å². The van der Waals surface area contributed by atoms with Crippen molar-refractivity contribution >= 4 is 27.7 Å². The fraction of sp³-hybridized carbons (Fsp3) is 0.600. The molecular weight excluding hydrogens is 380 g/mol. The standard InChI is InChI=1S/C20H25BrN2O2/c21-17-3-1-2-14(12-17)13-23(18-6-7-18)20(25)16-8-10-22(11-9-16)19(24)15-4-5-15/h1-3,12,15-16,18H,4-11,13H2. The number of amides is 2. The van der Waals surface area contributed by atoms with Crippen LogP contribution in [0.3, 0.4) is 0 Å². The zero-order chi connectivity index (χ0) is 17.4. The first-order valence-electron chi connectivity index (χ1n) is 9.45. The molecule has 3 fully saturated rings. The second-order valence-corrected chi connectivity index (χ2v) is 8.62. The fourth-order valence-electron chi connectivity index (χ4n) is 3.78. The Morgan fingerprint density at radius 3 is 2.36 bits per heavy atom. The summed E-state index contributed by atoms with van der Waals surface area (Å²) in [5.74, 6) is 0.975. The normalized spacial score (nSPS) is 21.2. The highest BCUT2D eigenvalue weighted by Gasteiger charge is 2.39. The van der Waals surface area contributed by atoms with Gasteiger partial charge in [-0.1, -0.05) is 28.1 Å². The Balaban J connectivity index is 1.37. The van der Waals surface area contributed by atoms with Crippen molar-refractivity contribution in [3.05, 3.63) is 34.3 Å². The van der Waals surface area contributed by atoms with Gasteiger partial charge in [0.2, 0.25) is 11.8 Å². The average Bonchev–Trinajstić information content (AvgIpc) is 3.51. The van der Waals surface area contributed by atoms with Crippen molar-refractivity contribution in [1.29, 1.82) is 0 Å². The number of carbonyl (C=O) groups excluding carboxylic acids is 2. The van der Waals surface area contributed by atoms with E-state index in [-0.39, 0.29) is 11.8 Å². The second kappa shape index (κ2) is 7.10. The molecule has 0 bridgehead atoms. The molecule has 5 heteroatoms. The predicted molar refractivity (Wildman–Crippen MR) is 99.7 cm³/mol. The first kappa shape index (κ1) is 17.1. The van der Waals surface area contributed by atoms with Crippen LogP contribution in [0.5, 0.6) is 0 Å². The van der Waals surface area contributed by atoms with Crippen LogP contribution in [0.1, 0.15) is 44.1 Å². The summed E-state index contributed by atoms with van der Waals surface area (Å²) < 4.78 is 1.06. The van der Waals surface area contributed by atoms with Crippen molar-refractivity contribution in [1.82, 2.24) is 9.80 Å². The molecule has 1 saturated heterocycles. The highest BCUT2D eigenvalue weighted by atomic mass is 79.9. The Kier molecular flexibility index (Phi) is 4.85. The van der Waals surface area contributed by atoms with Crippen LogP contribution in [0.4, 0.5) is 0 Å². The zero-order valence-corrected chi connectivity index (χ0v) is 16.1. The molecule has 0 unspecified atom stereocenters. The number of halogens is 1. The van der Waals surface area contributed by atoms with Gasteiger partial charge in [-0.3, -0.25) is 9.59 Å². The first-order valence-corrected chi connectivity index (χ1v) is 10.2. The molecule has 2 amide bonds. The summed E-state index contributed by atoms with van der Waals surface area (Å²) in [5, 5.41) is 0. The molecule has 1 aliphatic heterocycles. The van der Waals surface area contributed by atoms with E-state index in [1.54, 1.807) is 0 Å². The SMILES string of the molecule is O=C(C1CC1)N1CCC(C(=O)N(Cc2cccc(Br)c2)C2CC2)CC1. The lowest BCUT2D eigenvalue weighted by molar-refractivity contribution is -0.142. The Labute approximate surface area is 157 Å². The Morgan fingerprint density at radius 1 is 1.04 bits per heavy atom. The highest BCUT2D eigenvalue weighted by Crippen LogP contribution is 2.34. The number of piperidine rings is 1. The number of nitrogens with zero attached hydrogens (tertiary/aromatic N) is 2. The van der Waals surface area contributed by atoms with Gasteiger partial charge in [0.25, 0.3) is 0 Å². The van der Waals surface area contributed by atoms with Crippen LogP contribution in [-0.2, 0) is 16.1 Å². The summed E-state index contributed by atoms with van der Waals surface area (Å²) in [6.45, 7) is 2.20. The van der Waals surface area contributed by atoms with Gasteiger partial charge in [0.05, 0.1) is 0 Å². The van der Waals surface area contributed by atoms with E-state index in [0.717, 1.165) is 56.1 Å².